The third-order valence-electron chi connectivity index (χ3n) is 3.33. The van der Waals surface area contributed by atoms with E-state index in [2.05, 4.69) is 4.98 Å². The second kappa shape index (κ2) is 7.36. The molecule has 0 saturated carbocycles. The molecule has 25 heavy (non-hydrogen) atoms. The van der Waals surface area contributed by atoms with E-state index in [1.165, 1.54) is 12.1 Å². The van der Waals surface area contributed by atoms with Crippen molar-refractivity contribution in [2.75, 3.05) is 0 Å². The van der Waals surface area contributed by atoms with E-state index >= 15 is 0 Å². The molecule has 0 unspecified atom stereocenters. The number of pyridine rings is 1. The molecule has 0 saturated heterocycles. The van der Waals surface area contributed by atoms with Crippen LogP contribution in [0.3, 0.4) is 0 Å². The average Bonchev–Trinajstić information content (AvgIpc) is 2.61. The molecule has 0 bridgehead atoms. The fourth-order valence-corrected chi connectivity index (χ4v) is 3.37. The van der Waals surface area contributed by atoms with Gasteiger partial charge in [0.15, 0.2) is 0 Å². The molecule has 2 N–H and O–H groups in total. The standard InChI is InChI=1S/C18H13AsNO5/c21-12-5-7-13(8-6-12)25-18-14-4-2-1-3-11(14)9-15(20-18)17(24)19-10-16(22)23/h1-9,21H,10H2,(H,22,23). The number of carboxylic acid groups (broad SMARTS) is 1. The van der Waals surface area contributed by atoms with Gasteiger partial charge in [0.05, 0.1) is 0 Å². The number of hydrogen-bond acceptors (Lipinski definition) is 5. The van der Waals surface area contributed by atoms with Crippen LogP contribution in [0.1, 0.15) is 10.5 Å². The molecule has 1 radical (unpaired) electrons. The zero-order valence-corrected chi connectivity index (χ0v) is 14.8. The van der Waals surface area contributed by atoms with Crippen molar-refractivity contribution in [3.05, 3.63) is 60.3 Å². The summed E-state index contributed by atoms with van der Waals surface area (Å²) >= 11 is -1.02. The number of carbonyl (C=O) groups is 2. The van der Waals surface area contributed by atoms with E-state index in [4.69, 9.17) is 9.84 Å². The molecule has 6 nitrogen and oxygen atoms in total. The number of rotatable bonds is 6. The molecular weight excluding hydrogens is 385 g/mol. The van der Waals surface area contributed by atoms with Crippen LogP contribution in [0.25, 0.3) is 10.8 Å². The quantitative estimate of drug-likeness (QED) is 0.620. The van der Waals surface area contributed by atoms with Crippen LogP contribution in [0, 0.1) is 0 Å². The Morgan fingerprint density at radius 1 is 1.08 bits per heavy atom. The predicted octanol–water partition coefficient (Wildman–Crippen LogP) is 3.08. The fourth-order valence-electron chi connectivity index (χ4n) is 2.20. The molecule has 0 spiro atoms. The Labute approximate surface area is 149 Å². The van der Waals surface area contributed by atoms with Gasteiger partial charge in [0.1, 0.15) is 0 Å². The van der Waals surface area contributed by atoms with E-state index in [0.29, 0.717) is 5.75 Å². The summed E-state index contributed by atoms with van der Waals surface area (Å²) in [6.45, 7) is 0. The maximum absolute atomic E-state index is 12.3. The van der Waals surface area contributed by atoms with Gasteiger partial charge in [0.25, 0.3) is 0 Å². The third kappa shape index (κ3) is 4.17. The zero-order valence-electron chi connectivity index (χ0n) is 12.9. The first-order valence-corrected chi connectivity index (χ1v) is 9.60. The normalized spacial score (nSPS) is 11.0. The van der Waals surface area contributed by atoms with Crippen molar-refractivity contribution < 1.29 is 24.5 Å². The topological polar surface area (TPSA) is 96.7 Å². The van der Waals surface area contributed by atoms with Gasteiger partial charge in [-0.05, 0) is 0 Å². The van der Waals surface area contributed by atoms with Gasteiger partial charge >= 0.3 is 149 Å². The van der Waals surface area contributed by atoms with E-state index in [9.17, 15) is 14.7 Å². The van der Waals surface area contributed by atoms with Crippen molar-refractivity contribution in [1.82, 2.24) is 4.98 Å². The number of nitrogens with zero attached hydrogens (tertiary/aromatic N) is 1. The first-order chi connectivity index (χ1) is 12.0. The number of aromatic nitrogens is 1. The van der Waals surface area contributed by atoms with Crippen LogP contribution >= 0.6 is 0 Å². The Balaban J connectivity index is 1.98. The number of aliphatic carboxylic acids is 1. The minimum absolute atomic E-state index is 0.117. The summed E-state index contributed by atoms with van der Waals surface area (Å²) < 4.78 is 5.52. The number of phenolic OH excluding ortho intramolecular Hbond substituents is 1. The predicted molar refractivity (Wildman–Crippen MR) is 92.5 cm³/mol. The summed E-state index contributed by atoms with van der Waals surface area (Å²) in [6.07, 6.45) is 0. The van der Waals surface area contributed by atoms with Gasteiger partial charge in [-0.25, -0.2) is 0 Å². The number of hydrogen-bond donors (Lipinski definition) is 2. The molecule has 2 aromatic carbocycles. The molecule has 0 fully saturated rings. The van der Waals surface area contributed by atoms with Crippen molar-refractivity contribution in [3.63, 3.8) is 0 Å². The first-order valence-electron chi connectivity index (χ1n) is 7.33. The van der Waals surface area contributed by atoms with Crippen LogP contribution in [0.5, 0.6) is 17.4 Å². The van der Waals surface area contributed by atoms with Gasteiger partial charge in [-0.3, -0.25) is 0 Å². The van der Waals surface area contributed by atoms with Crippen LogP contribution in [0.15, 0.2) is 54.6 Å². The Morgan fingerprint density at radius 2 is 1.80 bits per heavy atom. The van der Waals surface area contributed by atoms with E-state index in [0.717, 1.165) is 10.8 Å². The van der Waals surface area contributed by atoms with Gasteiger partial charge in [-0.15, -0.1) is 0 Å². The molecule has 1 heterocycles. The Kier molecular flexibility index (Phi) is 5.00. The second-order valence-corrected chi connectivity index (χ2v) is 7.32. The third-order valence-corrected chi connectivity index (χ3v) is 5.32. The summed E-state index contributed by atoms with van der Waals surface area (Å²) in [6, 6.07) is 15.2. The average molecular weight is 398 g/mol. The summed E-state index contributed by atoms with van der Waals surface area (Å²) in [5.74, 6) is -0.135. The number of carboxylic acids is 1. The zero-order chi connectivity index (χ0) is 17.8. The minimum atomic E-state index is -1.02. The number of ether oxygens (including phenoxy) is 1. The maximum atomic E-state index is 12.3. The van der Waals surface area contributed by atoms with Crippen LogP contribution in [0.2, 0.25) is 5.21 Å². The van der Waals surface area contributed by atoms with E-state index in [1.54, 1.807) is 18.2 Å². The van der Waals surface area contributed by atoms with Crippen molar-refractivity contribution >= 4 is 37.1 Å². The number of phenols is 1. The summed E-state index contributed by atoms with van der Waals surface area (Å²) in [5.41, 5.74) is 0.203. The fraction of sp³-hybridized carbons (Fsp3) is 0.0556. The molecule has 0 amide bonds. The van der Waals surface area contributed by atoms with Gasteiger partial charge < -0.3 is 0 Å². The van der Waals surface area contributed by atoms with E-state index in [1.807, 2.05) is 24.3 Å². The monoisotopic (exact) mass is 398 g/mol. The summed E-state index contributed by atoms with van der Waals surface area (Å²) in [7, 11) is 0. The molecule has 7 heteroatoms. The number of benzene rings is 2. The number of carbonyl (C=O) groups excluding carboxylic acids is 1. The van der Waals surface area contributed by atoms with Gasteiger partial charge in [-0.2, -0.15) is 0 Å². The van der Waals surface area contributed by atoms with Gasteiger partial charge in [0.2, 0.25) is 0 Å². The van der Waals surface area contributed by atoms with Crippen LogP contribution in [-0.4, -0.2) is 41.5 Å². The molecule has 0 aliphatic carbocycles. The van der Waals surface area contributed by atoms with Crippen molar-refractivity contribution in [1.29, 1.82) is 0 Å². The Hall–Kier alpha value is -2.85. The van der Waals surface area contributed by atoms with Crippen molar-refractivity contribution in [3.8, 4) is 17.4 Å². The Bertz CT molecular complexity index is 940. The van der Waals surface area contributed by atoms with E-state index < -0.39 is 21.7 Å². The van der Waals surface area contributed by atoms with Crippen molar-refractivity contribution in [2.45, 2.75) is 5.21 Å². The SMILES string of the molecule is O=C(O)C[As]C(=O)c1cc2ccccc2c(Oc2ccc(O)cc2)n1. The summed E-state index contributed by atoms with van der Waals surface area (Å²) in [5, 5.41) is 19.5. The number of aromatic hydroxyl groups is 1. The molecule has 0 aliphatic rings. The van der Waals surface area contributed by atoms with Crippen LogP contribution in [0.4, 0.5) is 0 Å². The Morgan fingerprint density at radius 3 is 2.52 bits per heavy atom. The second-order valence-electron chi connectivity index (χ2n) is 5.14. The van der Waals surface area contributed by atoms with Crippen molar-refractivity contribution in [2.24, 2.45) is 0 Å². The van der Waals surface area contributed by atoms with Crippen LogP contribution in [-0.2, 0) is 4.79 Å². The van der Waals surface area contributed by atoms with Gasteiger partial charge in [0, 0.05) is 0 Å². The first kappa shape index (κ1) is 17.0. The summed E-state index contributed by atoms with van der Waals surface area (Å²) in [4.78, 5) is 27.3. The number of fused-ring (bicyclic) bond motifs is 1. The van der Waals surface area contributed by atoms with E-state index in [-0.39, 0.29) is 27.1 Å². The van der Waals surface area contributed by atoms with Crippen LogP contribution < -0.4 is 4.74 Å². The molecule has 3 rings (SSSR count). The molecule has 0 aliphatic heterocycles. The van der Waals surface area contributed by atoms with Gasteiger partial charge in [-0.1, -0.05) is 0 Å². The molecule has 1 aromatic heterocycles. The molecular formula is C18H13AsNO5. The molecule has 125 valence electrons. The molecule has 0 atom stereocenters. The molecule has 3 aromatic rings.